The van der Waals surface area contributed by atoms with Crippen molar-refractivity contribution < 1.29 is 14.6 Å². The van der Waals surface area contributed by atoms with Crippen LogP contribution in [0.25, 0.3) is 0 Å². The summed E-state index contributed by atoms with van der Waals surface area (Å²) in [5, 5.41) is 10.6. The van der Waals surface area contributed by atoms with E-state index in [0.717, 1.165) is 25.2 Å². The lowest BCUT2D eigenvalue weighted by Gasteiger charge is -2.30. The Labute approximate surface area is 120 Å². The molecule has 2 aliphatic rings. The molecule has 0 aromatic heterocycles. The van der Waals surface area contributed by atoms with Gasteiger partial charge in [0, 0.05) is 6.61 Å². The van der Waals surface area contributed by atoms with Crippen molar-refractivity contribution in [3.05, 3.63) is 29.8 Å². The number of para-hydroxylation sites is 1. The Morgan fingerprint density at radius 2 is 2.10 bits per heavy atom. The molecule has 1 aliphatic heterocycles. The largest absolute Gasteiger partial charge is 0.493 e. The van der Waals surface area contributed by atoms with E-state index in [1.807, 2.05) is 25.1 Å². The van der Waals surface area contributed by atoms with E-state index < -0.39 is 0 Å². The van der Waals surface area contributed by atoms with Crippen LogP contribution in [0.1, 0.15) is 44.1 Å². The molecule has 3 rings (SSSR count). The minimum absolute atomic E-state index is 0.0232. The van der Waals surface area contributed by atoms with Gasteiger partial charge in [-0.25, -0.2) is 0 Å². The highest BCUT2D eigenvalue weighted by molar-refractivity contribution is 5.37. The summed E-state index contributed by atoms with van der Waals surface area (Å²) < 4.78 is 11.5. The Balaban J connectivity index is 1.68. The number of hydrogen-bond acceptors (Lipinski definition) is 3. The van der Waals surface area contributed by atoms with Crippen LogP contribution in [0.2, 0.25) is 0 Å². The van der Waals surface area contributed by atoms with Crippen molar-refractivity contribution in [3.8, 4) is 5.75 Å². The monoisotopic (exact) mass is 276 g/mol. The van der Waals surface area contributed by atoms with Gasteiger partial charge in [-0.15, -0.1) is 0 Å². The van der Waals surface area contributed by atoms with Crippen LogP contribution in [0.4, 0.5) is 0 Å². The van der Waals surface area contributed by atoms with E-state index in [-0.39, 0.29) is 12.2 Å². The van der Waals surface area contributed by atoms with Crippen LogP contribution in [-0.2, 0) is 4.74 Å². The SMILES string of the molecule is CCOC(C(O)CC1CCOc2ccccc21)C1CC1. The zero-order valence-electron chi connectivity index (χ0n) is 12.1. The summed E-state index contributed by atoms with van der Waals surface area (Å²) in [6.45, 7) is 3.44. The Hall–Kier alpha value is -1.06. The second-order valence-corrected chi connectivity index (χ2v) is 5.93. The van der Waals surface area contributed by atoms with Gasteiger partial charge in [0.2, 0.25) is 0 Å². The van der Waals surface area contributed by atoms with Crippen LogP contribution in [0.15, 0.2) is 24.3 Å². The van der Waals surface area contributed by atoms with Gasteiger partial charge in [-0.2, -0.15) is 0 Å². The molecule has 0 radical (unpaired) electrons. The number of aliphatic hydroxyl groups excluding tert-OH is 1. The number of rotatable bonds is 6. The molecule has 3 atom stereocenters. The van der Waals surface area contributed by atoms with E-state index in [9.17, 15) is 5.11 Å². The summed E-state index contributed by atoms with van der Waals surface area (Å²) >= 11 is 0. The van der Waals surface area contributed by atoms with Gasteiger partial charge in [-0.3, -0.25) is 0 Å². The first kappa shape index (κ1) is 13.9. The van der Waals surface area contributed by atoms with E-state index in [1.165, 1.54) is 18.4 Å². The standard InChI is InChI=1S/C17H24O3/c1-2-19-17(12-7-8-12)15(18)11-13-9-10-20-16-6-4-3-5-14(13)16/h3-6,12-13,15,17-18H,2,7-11H2,1H3. The summed E-state index contributed by atoms with van der Waals surface area (Å²) in [4.78, 5) is 0. The summed E-state index contributed by atoms with van der Waals surface area (Å²) in [5.41, 5.74) is 1.24. The third kappa shape index (κ3) is 2.99. The Morgan fingerprint density at radius 3 is 2.85 bits per heavy atom. The minimum Gasteiger partial charge on any atom is -0.493 e. The molecule has 1 aliphatic carbocycles. The van der Waals surface area contributed by atoms with Crippen molar-refractivity contribution in [2.24, 2.45) is 5.92 Å². The summed E-state index contributed by atoms with van der Waals surface area (Å²) in [7, 11) is 0. The first-order chi connectivity index (χ1) is 9.79. The molecule has 0 spiro atoms. The third-order valence-corrected chi connectivity index (χ3v) is 4.43. The molecular weight excluding hydrogens is 252 g/mol. The summed E-state index contributed by atoms with van der Waals surface area (Å²) in [6, 6.07) is 8.20. The maximum Gasteiger partial charge on any atom is 0.122 e. The smallest absolute Gasteiger partial charge is 0.122 e. The molecule has 3 heteroatoms. The van der Waals surface area contributed by atoms with Crippen molar-refractivity contribution in [2.45, 2.75) is 50.7 Å². The van der Waals surface area contributed by atoms with Crippen LogP contribution in [0.5, 0.6) is 5.75 Å². The molecule has 3 nitrogen and oxygen atoms in total. The van der Waals surface area contributed by atoms with E-state index in [4.69, 9.17) is 9.47 Å². The lowest BCUT2D eigenvalue weighted by Crippen LogP contribution is -2.33. The molecule has 1 aromatic rings. The zero-order chi connectivity index (χ0) is 13.9. The van der Waals surface area contributed by atoms with E-state index >= 15 is 0 Å². The van der Waals surface area contributed by atoms with Crippen LogP contribution < -0.4 is 4.74 Å². The molecule has 0 bridgehead atoms. The highest BCUT2D eigenvalue weighted by atomic mass is 16.5. The lowest BCUT2D eigenvalue weighted by molar-refractivity contribution is -0.0511. The molecule has 20 heavy (non-hydrogen) atoms. The highest BCUT2D eigenvalue weighted by Crippen LogP contribution is 2.40. The van der Waals surface area contributed by atoms with Gasteiger partial charge in [0.05, 0.1) is 18.8 Å². The van der Waals surface area contributed by atoms with Crippen LogP contribution in [-0.4, -0.2) is 30.5 Å². The molecule has 1 aromatic carbocycles. The maximum absolute atomic E-state index is 10.6. The second kappa shape index (κ2) is 6.15. The number of fused-ring (bicyclic) bond motifs is 1. The predicted octanol–water partition coefficient (Wildman–Crippen LogP) is 3.12. The minimum atomic E-state index is -0.362. The van der Waals surface area contributed by atoms with Crippen LogP contribution in [0.3, 0.4) is 0 Å². The van der Waals surface area contributed by atoms with Crippen molar-refractivity contribution in [3.63, 3.8) is 0 Å². The third-order valence-electron chi connectivity index (χ3n) is 4.43. The molecule has 1 N–H and O–H groups in total. The van der Waals surface area contributed by atoms with Crippen molar-refractivity contribution >= 4 is 0 Å². The average Bonchev–Trinajstić information content (AvgIpc) is 3.29. The molecular formula is C17H24O3. The second-order valence-electron chi connectivity index (χ2n) is 5.93. The van der Waals surface area contributed by atoms with Gasteiger partial charge < -0.3 is 14.6 Å². The van der Waals surface area contributed by atoms with Gasteiger partial charge in [-0.1, -0.05) is 18.2 Å². The van der Waals surface area contributed by atoms with Crippen LogP contribution >= 0.6 is 0 Å². The van der Waals surface area contributed by atoms with Crippen LogP contribution in [0, 0.1) is 5.92 Å². The normalized spacial score (nSPS) is 24.6. The molecule has 0 saturated heterocycles. The Kier molecular flexibility index (Phi) is 4.27. The van der Waals surface area contributed by atoms with Gasteiger partial charge in [-0.05, 0) is 56.1 Å². The topological polar surface area (TPSA) is 38.7 Å². The summed E-state index contributed by atoms with van der Waals surface area (Å²) in [6.07, 6.45) is 3.82. The highest BCUT2D eigenvalue weighted by Gasteiger charge is 2.38. The molecule has 3 unspecified atom stereocenters. The lowest BCUT2D eigenvalue weighted by atomic mass is 9.86. The average molecular weight is 276 g/mol. The molecule has 0 amide bonds. The fourth-order valence-electron chi connectivity index (χ4n) is 3.26. The number of benzene rings is 1. The Bertz CT molecular complexity index is 442. The van der Waals surface area contributed by atoms with Crippen molar-refractivity contribution in [1.29, 1.82) is 0 Å². The summed E-state index contributed by atoms with van der Waals surface area (Å²) in [5.74, 6) is 1.94. The van der Waals surface area contributed by atoms with Crippen molar-refractivity contribution in [2.75, 3.05) is 13.2 Å². The predicted molar refractivity (Wildman–Crippen MR) is 78.1 cm³/mol. The van der Waals surface area contributed by atoms with Gasteiger partial charge in [0.25, 0.3) is 0 Å². The van der Waals surface area contributed by atoms with E-state index in [2.05, 4.69) is 6.07 Å². The van der Waals surface area contributed by atoms with E-state index in [1.54, 1.807) is 0 Å². The first-order valence-electron chi connectivity index (χ1n) is 7.81. The number of ether oxygens (including phenoxy) is 2. The maximum atomic E-state index is 10.6. The molecule has 1 saturated carbocycles. The van der Waals surface area contributed by atoms with Gasteiger partial charge >= 0.3 is 0 Å². The fraction of sp³-hybridized carbons (Fsp3) is 0.647. The molecule has 110 valence electrons. The first-order valence-corrected chi connectivity index (χ1v) is 7.81. The number of aliphatic hydroxyl groups is 1. The number of hydrogen-bond donors (Lipinski definition) is 1. The molecule has 1 fully saturated rings. The zero-order valence-corrected chi connectivity index (χ0v) is 12.1. The fourth-order valence-corrected chi connectivity index (χ4v) is 3.26. The van der Waals surface area contributed by atoms with E-state index in [0.29, 0.717) is 18.4 Å². The Morgan fingerprint density at radius 1 is 1.30 bits per heavy atom. The molecule has 1 heterocycles. The van der Waals surface area contributed by atoms with Crippen molar-refractivity contribution in [1.82, 2.24) is 0 Å². The van der Waals surface area contributed by atoms with Gasteiger partial charge in [0.1, 0.15) is 5.75 Å². The van der Waals surface area contributed by atoms with Gasteiger partial charge in [0.15, 0.2) is 0 Å². The quantitative estimate of drug-likeness (QED) is 0.867.